The zero-order chi connectivity index (χ0) is 9.40. The van der Waals surface area contributed by atoms with Gasteiger partial charge in [-0.3, -0.25) is 0 Å². The molecule has 2 heteroatoms. The summed E-state index contributed by atoms with van der Waals surface area (Å²) in [5.74, 6) is 0. The average Bonchev–Trinajstić information content (AvgIpc) is 1.97. The smallest absolute Gasteiger partial charge is 0.0599 e. The van der Waals surface area contributed by atoms with Crippen LogP contribution in [-0.2, 0) is 4.74 Å². The number of hydrogen-bond acceptors (Lipinski definition) is 2. The Kier molecular flexibility index (Phi) is 7.11. The van der Waals surface area contributed by atoms with Crippen molar-refractivity contribution in [3.05, 3.63) is 12.2 Å². The summed E-state index contributed by atoms with van der Waals surface area (Å²) < 4.78 is 5.25. The van der Waals surface area contributed by atoms with Crippen LogP contribution in [0, 0.1) is 0 Å². The Hall–Kier alpha value is -0.340. The molecule has 1 unspecified atom stereocenters. The largest absolute Gasteiger partial charge is 0.393 e. The Bertz CT molecular complexity index is 121. The van der Waals surface area contributed by atoms with Crippen LogP contribution >= 0.6 is 0 Å². The van der Waals surface area contributed by atoms with Gasteiger partial charge in [-0.15, -0.1) is 6.58 Å². The second-order valence-electron chi connectivity index (χ2n) is 3.22. The molecule has 0 aliphatic heterocycles. The standard InChI is InChI=1S/C10H20O2/c1-4-6-12-7-5-10(11)8-9(2)3/h10-11H,2,4-8H2,1,3H3. The van der Waals surface area contributed by atoms with E-state index >= 15 is 0 Å². The van der Waals surface area contributed by atoms with Gasteiger partial charge in [-0.2, -0.15) is 0 Å². The van der Waals surface area contributed by atoms with Crippen LogP contribution in [0.15, 0.2) is 12.2 Å². The Morgan fingerprint density at radius 2 is 2.17 bits per heavy atom. The molecular weight excluding hydrogens is 152 g/mol. The highest BCUT2D eigenvalue weighted by Crippen LogP contribution is 2.05. The van der Waals surface area contributed by atoms with Gasteiger partial charge in [0.15, 0.2) is 0 Å². The van der Waals surface area contributed by atoms with Crippen LogP contribution in [0.2, 0.25) is 0 Å². The van der Waals surface area contributed by atoms with Crippen molar-refractivity contribution in [3.63, 3.8) is 0 Å². The van der Waals surface area contributed by atoms with Crippen molar-refractivity contribution in [1.82, 2.24) is 0 Å². The van der Waals surface area contributed by atoms with E-state index in [0.29, 0.717) is 19.4 Å². The number of ether oxygens (including phenoxy) is 1. The van der Waals surface area contributed by atoms with Crippen molar-refractivity contribution in [2.24, 2.45) is 0 Å². The molecule has 0 fully saturated rings. The molecule has 0 aliphatic carbocycles. The Labute approximate surface area is 75.2 Å². The quantitative estimate of drug-likeness (QED) is 0.471. The Balaban J connectivity index is 3.19. The van der Waals surface area contributed by atoms with E-state index in [9.17, 15) is 5.11 Å². The van der Waals surface area contributed by atoms with Gasteiger partial charge in [0.1, 0.15) is 0 Å². The molecule has 0 aromatic heterocycles. The van der Waals surface area contributed by atoms with E-state index in [-0.39, 0.29) is 6.10 Å². The lowest BCUT2D eigenvalue weighted by Gasteiger charge is -2.09. The van der Waals surface area contributed by atoms with Crippen molar-refractivity contribution in [2.45, 2.75) is 39.2 Å². The van der Waals surface area contributed by atoms with Crippen molar-refractivity contribution >= 4 is 0 Å². The fourth-order valence-corrected chi connectivity index (χ4v) is 0.970. The minimum atomic E-state index is -0.278. The summed E-state index contributed by atoms with van der Waals surface area (Å²) in [6.07, 6.45) is 2.17. The van der Waals surface area contributed by atoms with Crippen LogP contribution in [0.4, 0.5) is 0 Å². The van der Waals surface area contributed by atoms with Crippen molar-refractivity contribution in [1.29, 1.82) is 0 Å². The van der Waals surface area contributed by atoms with Gasteiger partial charge in [-0.25, -0.2) is 0 Å². The third kappa shape index (κ3) is 7.76. The van der Waals surface area contributed by atoms with Gasteiger partial charge in [0, 0.05) is 13.2 Å². The van der Waals surface area contributed by atoms with Crippen molar-refractivity contribution < 1.29 is 9.84 Å². The zero-order valence-corrected chi connectivity index (χ0v) is 8.18. The maximum Gasteiger partial charge on any atom is 0.0599 e. The number of hydrogen-bond donors (Lipinski definition) is 1. The number of aliphatic hydroxyl groups excluding tert-OH is 1. The van der Waals surface area contributed by atoms with E-state index in [1.807, 2.05) is 6.92 Å². The highest BCUT2D eigenvalue weighted by Gasteiger charge is 2.03. The number of rotatable bonds is 7. The van der Waals surface area contributed by atoms with E-state index in [2.05, 4.69) is 13.5 Å². The van der Waals surface area contributed by atoms with Crippen LogP contribution in [0.1, 0.15) is 33.1 Å². The highest BCUT2D eigenvalue weighted by atomic mass is 16.5. The first-order valence-electron chi connectivity index (χ1n) is 4.57. The van der Waals surface area contributed by atoms with E-state index in [0.717, 1.165) is 18.6 Å². The molecule has 0 radical (unpaired) electrons. The minimum absolute atomic E-state index is 0.278. The third-order valence-electron chi connectivity index (χ3n) is 1.53. The molecule has 1 N–H and O–H groups in total. The molecule has 0 aliphatic rings. The first kappa shape index (κ1) is 11.7. The monoisotopic (exact) mass is 172 g/mol. The maximum absolute atomic E-state index is 9.38. The second-order valence-corrected chi connectivity index (χ2v) is 3.22. The van der Waals surface area contributed by atoms with E-state index < -0.39 is 0 Å². The minimum Gasteiger partial charge on any atom is -0.393 e. The molecule has 0 saturated carbocycles. The van der Waals surface area contributed by atoms with Gasteiger partial charge in [0.25, 0.3) is 0 Å². The van der Waals surface area contributed by atoms with E-state index in [1.54, 1.807) is 0 Å². The SMILES string of the molecule is C=C(C)CC(O)CCOCCC. The van der Waals surface area contributed by atoms with Gasteiger partial charge < -0.3 is 9.84 Å². The Morgan fingerprint density at radius 3 is 2.67 bits per heavy atom. The normalized spacial score (nSPS) is 12.9. The molecule has 0 heterocycles. The van der Waals surface area contributed by atoms with Crippen LogP contribution in [0.25, 0.3) is 0 Å². The Morgan fingerprint density at radius 1 is 1.50 bits per heavy atom. The molecule has 12 heavy (non-hydrogen) atoms. The first-order valence-corrected chi connectivity index (χ1v) is 4.57. The lowest BCUT2D eigenvalue weighted by molar-refractivity contribution is 0.0824. The van der Waals surface area contributed by atoms with Gasteiger partial charge in [0.2, 0.25) is 0 Å². The molecule has 0 saturated heterocycles. The topological polar surface area (TPSA) is 29.5 Å². The lowest BCUT2D eigenvalue weighted by atomic mass is 10.1. The predicted molar refractivity (Wildman–Crippen MR) is 51.2 cm³/mol. The molecule has 0 aromatic carbocycles. The summed E-state index contributed by atoms with van der Waals surface area (Å²) in [7, 11) is 0. The molecule has 72 valence electrons. The van der Waals surface area contributed by atoms with Gasteiger partial charge in [-0.1, -0.05) is 12.5 Å². The summed E-state index contributed by atoms with van der Waals surface area (Å²) in [5.41, 5.74) is 1.03. The third-order valence-corrected chi connectivity index (χ3v) is 1.53. The maximum atomic E-state index is 9.38. The number of aliphatic hydroxyl groups is 1. The molecule has 1 atom stereocenters. The first-order chi connectivity index (χ1) is 5.66. The summed E-state index contributed by atoms with van der Waals surface area (Å²) in [6.45, 7) is 9.19. The van der Waals surface area contributed by atoms with Crippen molar-refractivity contribution in [2.75, 3.05) is 13.2 Å². The summed E-state index contributed by atoms with van der Waals surface area (Å²) in [5, 5.41) is 9.38. The lowest BCUT2D eigenvalue weighted by Crippen LogP contribution is -2.10. The van der Waals surface area contributed by atoms with Crippen LogP contribution in [-0.4, -0.2) is 24.4 Å². The molecule has 0 amide bonds. The van der Waals surface area contributed by atoms with E-state index in [1.165, 1.54) is 0 Å². The van der Waals surface area contributed by atoms with Gasteiger partial charge in [-0.05, 0) is 26.2 Å². The molecule has 0 spiro atoms. The summed E-state index contributed by atoms with van der Waals surface area (Å²) in [4.78, 5) is 0. The fraction of sp³-hybridized carbons (Fsp3) is 0.800. The molecule has 0 aromatic rings. The van der Waals surface area contributed by atoms with Crippen LogP contribution < -0.4 is 0 Å². The van der Waals surface area contributed by atoms with Gasteiger partial charge in [0.05, 0.1) is 6.10 Å². The average molecular weight is 172 g/mol. The fourth-order valence-electron chi connectivity index (χ4n) is 0.970. The summed E-state index contributed by atoms with van der Waals surface area (Å²) >= 11 is 0. The van der Waals surface area contributed by atoms with E-state index in [4.69, 9.17) is 4.74 Å². The molecule has 0 rings (SSSR count). The van der Waals surface area contributed by atoms with Crippen LogP contribution in [0.3, 0.4) is 0 Å². The molecular formula is C10H20O2. The zero-order valence-electron chi connectivity index (χ0n) is 8.18. The summed E-state index contributed by atoms with van der Waals surface area (Å²) in [6, 6.07) is 0. The van der Waals surface area contributed by atoms with Gasteiger partial charge >= 0.3 is 0 Å². The molecule has 2 nitrogen and oxygen atoms in total. The highest BCUT2D eigenvalue weighted by molar-refractivity contribution is 4.90. The van der Waals surface area contributed by atoms with Crippen molar-refractivity contribution in [3.8, 4) is 0 Å². The molecule has 0 bridgehead atoms. The predicted octanol–water partition coefficient (Wildman–Crippen LogP) is 2.13. The van der Waals surface area contributed by atoms with Crippen LogP contribution in [0.5, 0.6) is 0 Å². The second kappa shape index (κ2) is 7.32.